The zero-order valence-electron chi connectivity index (χ0n) is 15.3. The highest BCUT2D eigenvalue weighted by Crippen LogP contribution is 2.32. The molecule has 9 heteroatoms. The van der Waals surface area contributed by atoms with Crippen molar-refractivity contribution in [3.63, 3.8) is 0 Å². The van der Waals surface area contributed by atoms with E-state index in [9.17, 15) is 19.5 Å². The van der Waals surface area contributed by atoms with Gasteiger partial charge in [0.15, 0.2) is 0 Å². The Morgan fingerprint density at radius 2 is 1.86 bits per heavy atom. The molecule has 0 aliphatic heterocycles. The molecule has 0 aliphatic rings. The number of ether oxygens (including phenoxy) is 2. The number of rotatable bonds is 8. The first-order chi connectivity index (χ1) is 13.9. The summed E-state index contributed by atoms with van der Waals surface area (Å²) in [4.78, 5) is 35.6. The maximum Gasteiger partial charge on any atom is 0.414 e. The summed E-state index contributed by atoms with van der Waals surface area (Å²) in [6, 6.07) is 13.0. The molecule has 1 atom stereocenters. The number of phenolic OH excluding ortho intramolecular Hbond substituents is 1. The van der Waals surface area contributed by atoms with Crippen LogP contribution in [0.4, 0.5) is 4.79 Å². The van der Waals surface area contributed by atoms with Gasteiger partial charge in [-0.25, -0.2) is 4.79 Å². The fourth-order valence-corrected chi connectivity index (χ4v) is 2.94. The largest absolute Gasteiger partial charge is 0.508 e. The van der Waals surface area contributed by atoms with Crippen LogP contribution in [0.3, 0.4) is 0 Å². The first kappa shape index (κ1) is 22.8. The van der Waals surface area contributed by atoms with E-state index >= 15 is 0 Å². The Morgan fingerprint density at radius 3 is 2.55 bits per heavy atom. The van der Waals surface area contributed by atoms with Crippen LogP contribution in [0.1, 0.15) is 34.9 Å². The third-order valence-corrected chi connectivity index (χ3v) is 4.59. The molecule has 7 nitrogen and oxygen atoms in total. The molecule has 2 rings (SSSR count). The van der Waals surface area contributed by atoms with Gasteiger partial charge >= 0.3 is 12.1 Å². The summed E-state index contributed by atoms with van der Waals surface area (Å²) in [5, 5.41) is 12.3. The molecule has 0 unspecified atom stereocenters. The molecule has 0 fully saturated rings. The number of thiol groups is 1. The number of phenols is 1. The molecule has 0 saturated carbocycles. The molecule has 154 valence electrons. The minimum atomic E-state index is -0.949. The van der Waals surface area contributed by atoms with Crippen LogP contribution in [0.25, 0.3) is 0 Å². The standard InChI is InChI=1S/C20H20BrNO6S/c21-14-8-9-16(23)15(11-14)17(7-4-10-27-18(24)12-29)28-20(26)22-19(25)13-5-2-1-3-6-13/h1-3,5-6,8-9,11,17,23,29H,4,7,10,12H2,(H,22,25,26)/t17-/m1/s1. The molecule has 0 saturated heterocycles. The van der Waals surface area contributed by atoms with Gasteiger partial charge in [-0.05, 0) is 43.2 Å². The van der Waals surface area contributed by atoms with Crippen molar-refractivity contribution >= 4 is 46.5 Å². The van der Waals surface area contributed by atoms with Crippen LogP contribution < -0.4 is 5.32 Å². The van der Waals surface area contributed by atoms with Crippen molar-refractivity contribution in [3.8, 4) is 5.75 Å². The molecule has 2 N–H and O–H groups in total. The fourth-order valence-electron chi connectivity index (χ4n) is 2.47. The Bertz CT molecular complexity index is 861. The highest BCUT2D eigenvalue weighted by molar-refractivity contribution is 9.10. The summed E-state index contributed by atoms with van der Waals surface area (Å²) < 4.78 is 11.0. The Labute approximate surface area is 181 Å². The van der Waals surface area contributed by atoms with Gasteiger partial charge in [0.1, 0.15) is 11.9 Å². The Kier molecular flexibility index (Phi) is 9.01. The maximum absolute atomic E-state index is 12.3. The third kappa shape index (κ3) is 7.43. The molecule has 0 aromatic heterocycles. The minimum Gasteiger partial charge on any atom is -0.508 e. The van der Waals surface area contributed by atoms with Crippen molar-refractivity contribution in [1.82, 2.24) is 5.32 Å². The topological polar surface area (TPSA) is 102 Å². The number of halogens is 1. The van der Waals surface area contributed by atoms with E-state index in [0.717, 1.165) is 0 Å². The molecule has 29 heavy (non-hydrogen) atoms. The summed E-state index contributed by atoms with van der Waals surface area (Å²) in [5.74, 6) is -1.15. The van der Waals surface area contributed by atoms with E-state index in [4.69, 9.17) is 9.47 Å². The van der Waals surface area contributed by atoms with Gasteiger partial charge in [0.05, 0.1) is 12.4 Å². The van der Waals surface area contributed by atoms with Crippen molar-refractivity contribution in [1.29, 1.82) is 0 Å². The summed E-state index contributed by atoms with van der Waals surface area (Å²) in [6.45, 7) is 0.110. The molecular formula is C20H20BrNO6S. The number of hydrogen-bond donors (Lipinski definition) is 3. The number of carbonyl (C=O) groups excluding carboxylic acids is 3. The van der Waals surface area contributed by atoms with Gasteiger partial charge in [0.25, 0.3) is 5.91 Å². The van der Waals surface area contributed by atoms with Gasteiger partial charge in [0, 0.05) is 15.6 Å². The van der Waals surface area contributed by atoms with E-state index < -0.39 is 24.1 Å². The molecule has 0 bridgehead atoms. The van der Waals surface area contributed by atoms with Crippen molar-refractivity contribution in [2.24, 2.45) is 0 Å². The zero-order chi connectivity index (χ0) is 21.2. The minimum absolute atomic E-state index is 0.0314. The molecule has 2 amide bonds. The number of amides is 2. The maximum atomic E-state index is 12.3. The number of benzene rings is 2. The van der Waals surface area contributed by atoms with Crippen LogP contribution in [-0.2, 0) is 14.3 Å². The van der Waals surface area contributed by atoms with Gasteiger partial charge < -0.3 is 14.6 Å². The lowest BCUT2D eigenvalue weighted by atomic mass is 10.0. The quantitative estimate of drug-likeness (QED) is 0.299. The fraction of sp³-hybridized carbons (Fsp3) is 0.250. The predicted octanol–water partition coefficient (Wildman–Crippen LogP) is 4.02. The highest BCUT2D eigenvalue weighted by Gasteiger charge is 2.22. The SMILES string of the molecule is O=C(CS)OCCC[C@@H](OC(=O)NC(=O)c1ccccc1)c1cc(Br)ccc1O. The van der Waals surface area contributed by atoms with Crippen molar-refractivity contribution < 1.29 is 29.0 Å². The lowest BCUT2D eigenvalue weighted by molar-refractivity contribution is -0.140. The first-order valence-corrected chi connectivity index (χ1v) is 10.1. The molecule has 0 aliphatic carbocycles. The Morgan fingerprint density at radius 1 is 1.14 bits per heavy atom. The van der Waals surface area contributed by atoms with Crippen molar-refractivity contribution in [2.75, 3.05) is 12.4 Å². The first-order valence-electron chi connectivity index (χ1n) is 8.72. The second-order valence-electron chi connectivity index (χ2n) is 5.94. The highest BCUT2D eigenvalue weighted by atomic mass is 79.9. The lowest BCUT2D eigenvalue weighted by Crippen LogP contribution is -2.32. The molecule has 2 aromatic carbocycles. The summed E-state index contributed by atoms with van der Waals surface area (Å²) in [6.07, 6.45) is -1.17. The van der Waals surface area contributed by atoms with Crippen LogP contribution in [0.15, 0.2) is 53.0 Å². The molecule has 2 aromatic rings. The molecule has 0 heterocycles. The summed E-state index contributed by atoms with van der Waals surface area (Å²) in [7, 11) is 0. The van der Waals surface area contributed by atoms with Gasteiger partial charge in [-0.15, -0.1) is 0 Å². The third-order valence-electron chi connectivity index (χ3n) is 3.84. The number of imide groups is 1. The smallest absolute Gasteiger partial charge is 0.414 e. The second-order valence-corrected chi connectivity index (χ2v) is 7.17. The molecular weight excluding hydrogens is 462 g/mol. The van der Waals surface area contributed by atoms with E-state index in [-0.39, 0.29) is 24.5 Å². The van der Waals surface area contributed by atoms with Crippen LogP contribution in [-0.4, -0.2) is 35.4 Å². The normalized spacial score (nSPS) is 11.4. The summed E-state index contributed by atoms with van der Waals surface area (Å²) >= 11 is 7.14. The number of aromatic hydroxyl groups is 1. The van der Waals surface area contributed by atoms with E-state index in [1.165, 1.54) is 6.07 Å². The average molecular weight is 482 g/mol. The van der Waals surface area contributed by atoms with Crippen LogP contribution >= 0.6 is 28.6 Å². The predicted molar refractivity (Wildman–Crippen MR) is 113 cm³/mol. The van der Waals surface area contributed by atoms with Crippen LogP contribution in [0.5, 0.6) is 5.75 Å². The number of hydrogen-bond acceptors (Lipinski definition) is 7. The van der Waals surface area contributed by atoms with E-state index in [0.29, 0.717) is 22.0 Å². The molecule has 0 radical (unpaired) electrons. The lowest BCUT2D eigenvalue weighted by Gasteiger charge is -2.19. The number of carbonyl (C=O) groups is 3. The summed E-state index contributed by atoms with van der Waals surface area (Å²) in [5.41, 5.74) is 0.673. The van der Waals surface area contributed by atoms with E-state index in [1.807, 2.05) is 0 Å². The number of nitrogens with one attached hydrogen (secondary N) is 1. The van der Waals surface area contributed by atoms with Crippen molar-refractivity contribution in [2.45, 2.75) is 18.9 Å². The van der Waals surface area contributed by atoms with E-state index in [2.05, 4.69) is 33.9 Å². The van der Waals surface area contributed by atoms with Crippen LogP contribution in [0.2, 0.25) is 0 Å². The van der Waals surface area contributed by atoms with Gasteiger partial charge in [-0.1, -0.05) is 34.1 Å². The Balaban J connectivity index is 2.05. The zero-order valence-corrected chi connectivity index (χ0v) is 17.8. The van der Waals surface area contributed by atoms with E-state index in [1.54, 1.807) is 42.5 Å². The molecule has 0 spiro atoms. The van der Waals surface area contributed by atoms with Gasteiger partial charge in [-0.2, -0.15) is 12.6 Å². The number of alkyl carbamates (subject to hydrolysis) is 1. The average Bonchev–Trinajstić information content (AvgIpc) is 2.72. The van der Waals surface area contributed by atoms with Crippen LogP contribution in [0, 0.1) is 0 Å². The monoisotopic (exact) mass is 481 g/mol. The number of esters is 1. The van der Waals surface area contributed by atoms with Gasteiger partial charge in [0.2, 0.25) is 0 Å². The second kappa shape index (κ2) is 11.5. The van der Waals surface area contributed by atoms with Gasteiger partial charge in [-0.3, -0.25) is 14.9 Å². The Hall–Kier alpha value is -2.52. The van der Waals surface area contributed by atoms with Crippen molar-refractivity contribution in [3.05, 3.63) is 64.1 Å².